The smallest absolute Gasteiger partial charge is 0.411 e. The number of ether oxygens (including phenoxy) is 1. The predicted molar refractivity (Wildman–Crippen MR) is 69.3 cm³/mol. The summed E-state index contributed by atoms with van der Waals surface area (Å²) in [6.45, 7) is 6.97. The fraction of sp³-hybridized carbons (Fsp3) is 0.692. The second-order valence-electron chi connectivity index (χ2n) is 5.18. The van der Waals surface area contributed by atoms with Crippen molar-refractivity contribution >= 4 is 12.1 Å². The van der Waals surface area contributed by atoms with Crippen LogP contribution >= 0.6 is 0 Å². The van der Waals surface area contributed by atoms with E-state index in [1.165, 1.54) is 0 Å². The molecule has 0 aliphatic rings. The number of hydrogen-bond acceptors (Lipinski definition) is 3. The molecule has 0 aliphatic carbocycles. The average Bonchev–Trinajstić information content (AvgIpc) is 2.24. The van der Waals surface area contributed by atoms with Crippen LogP contribution in [0.15, 0.2) is 11.5 Å². The highest BCUT2D eigenvalue weighted by atomic mass is 19.1. The molecule has 0 radical (unpaired) electrons. The van der Waals surface area contributed by atoms with Crippen molar-refractivity contribution in [2.75, 3.05) is 0 Å². The number of unbranched alkanes of at least 4 members (excludes halogenated alkanes) is 2. The zero-order valence-electron chi connectivity index (χ0n) is 11.9. The highest BCUT2D eigenvalue weighted by molar-refractivity contribution is 5.86. The summed E-state index contributed by atoms with van der Waals surface area (Å²) in [6, 6.07) is 0. The lowest BCUT2D eigenvalue weighted by Crippen LogP contribution is -2.33. The van der Waals surface area contributed by atoms with Crippen molar-refractivity contribution < 1.29 is 23.8 Å². The molecule has 110 valence electrons. The van der Waals surface area contributed by atoms with Crippen molar-refractivity contribution in [3.63, 3.8) is 0 Å². The molecule has 2 N–H and O–H groups in total. The number of nitrogens with one attached hydrogen (secondary N) is 1. The minimum atomic E-state index is -1.69. The van der Waals surface area contributed by atoms with Crippen LogP contribution in [0.2, 0.25) is 0 Å². The first-order valence-electron chi connectivity index (χ1n) is 6.29. The molecule has 0 aliphatic heterocycles. The Bertz CT molecular complexity index is 358. The van der Waals surface area contributed by atoms with Gasteiger partial charge in [0.15, 0.2) is 0 Å². The Hall–Kier alpha value is -1.59. The summed E-state index contributed by atoms with van der Waals surface area (Å²) < 4.78 is 18.4. The molecule has 19 heavy (non-hydrogen) atoms. The van der Waals surface area contributed by atoms with E-state index in [-0.39, 0.29) is 12.1 Å². The summed E-state index contributed by atoms with van der Waals surface area (Å²) in [6.07, 6.45) is 1.64. The molecule has 0 fully saturated rings. The van der Waals surface area contributed by atoms with Gasteiger partial charge >= 0.3 is 12.1 Å². The molecule has 1 amide bonds. The molecule has 0 aromatic carbocycles. The van der Waals surface area contributed by atoms with Crippen molar-refractivity contribution in [1.82, 2.24) is 5.32 Å². The Morgan fingerprint density at radius 2 is 1.84 bits per heavy atom. The minimum Gasteiger partial charge on any atom is -0.476 e. The van der Waals surface area contributed by atoms with E-state index in [0.29, 0.717) is 6.42 Å². The Balaban J connectivity index is 4.73. The number of allylic oxidation sites excluding steroid dienone is 1. The van der Waals surface area contributed by atoms with Crippen LogP contribution in [0, 0.1) is 0 Å². The monoisotopic (exact) mass is 275 g/mol. The second kappa shape index (κ2) is 7.76. The molecule has 0 rings (SSSR count). The quantitative estimate of drug-likeness (QED) is 0.575. The zero-order chi connectivity index (χ0) is 15.1. The molecule has 0 spiro atoms. The van der Waals surface area contributed by atoms with E-state index in [4.69, 9.17) is 9.84 Å². The van der Waals surface area contributed by atoms with Gasteiger partial charge in [-0.2, -0.15) is 4.39 Å². The van der Waals surface area contributed by atoms with E-state index in [2.05, 4.69) is 5.32 Å². The summed E-state index contributed by atoms with van der Waals surface area (Å²) in [7, 11) is 0. The molecule has 0 aromatic heterocycles. The molecule has 0 aromatic rings. The van der Waals surface area contributed by atoms with Crippen molar-refractivity contribution in [2.45, 2.75) is 59.0 Å². The maximum absolute atomic E-state index is 13.4. The van der Waals surface area contributed by atoms with E-state index >= 15 is 0 Å². The number of alkyl carbamates (subject to hydrolysis) is 1. The fourth-order valence-electron chi connectivity index (χ4n) is 1.33. The highest BCUT2D eigenvalue weighted by Gasteiger charge is 2.20. The largest absolute Gasteiger partial charge is 0.476 e. The van der Waals surface area contributed by atoms with Gasteiger partial charge in [0.1, 0.15) is 5.60 Å². The Kier molecular flexibility index (Phi) is 7.11. The number of carbonyl (C=O) groups excluding carboxylic acids is 1. The number of halogens is 1. The number of aliphatic carboxylic acids is 1. The predicted octanol–water partition coefficient (Wildman–Crippen LogP) is 3.36. The summed E-state index contributed by atoms with van der Waals surface area (Å²) >= 11 is 0. The van der Waals surface area contributed by atoms with Crippen LogP contribution < -0.4 is 5.32 Å². The van der Waals surface area contributed by atoms with Gasteiger partial charge in [0.25, 0.3) is 0 Å². The molecule has 6 heteroatoms. The van der Waals surface area contributed by atoms with Gasteiger partial charge in [-0.25, -0.2) is 9.59 Å². The lowest BCUT2D eigenvalue weighted by molar-refractivity contribution is -0.134. The lowest BCUT2D eigenvalue weighted by Gasteiger charge is -2.20. The van der Waals surface area contributed by atoms with Gasteiger partial charge in [-0.15, -0.1) is 0 Å². The summed E-state index contributed by atoms with van der Waals surface area (Å²) in [5.41, 5.74) is -0.964. The molecule has 0 atom stereocenters. The number of hydrogen-bond donors (Lipinski definition) is 2. The van der Waals surface area contributed by atoms with Crippen molar-refractivity contribution in [3.8, 4) is 0 Å². The van der Waals surface area contributed by atoms with Gasteiger partial charge in [-0.05, 0) is 33.6 Å². The third kappa shape index (κ3) is 8.18. The van der Waals surface area contributed by atoms with Crippen LogP contribution in [-0.4, -0.2) is 22.8 Å². The van der Waals surface area contributed by atoms with Gasteiger partial charge in [0.05, 0.1) is 5.70 Å². The Morgan fingerprint density at radius 1 is 1.26 bits per heavy atom. The van der Waals surface area contributed by atoms with Gasteiger partial charge in [0.2, 0.25) is 5.83 Å². The van der Waals surface area contributed by atoms with E-state index in [1.807, 2.05) is 6.92 Å². The molecule has 0 heterocycles. The van der Waals surface area contributed by atoms with E-state index < -0.39 is 23.5 Å². The third-order valence-corrected chi connectivity index (χ3v) is 2.13. The van der Waals surface area contributed by atoms with Crippen LogP contribution in [0.5, 0.6) is 0 Å². The summed E-state index contributed by atoms with van der Waals surface area (Å²) in [4.78, 5) is 22.1. The van der Waals surface area contributed by atoms with E-state index in [1.54, 1.807) is 20.8 Å². The van der Waals surface area contributed by atoms with Gasteiger partial charge in [-0.1, -0.05) is 19.8 Å². The molecule has 0 saturated heterocycles. The lowest BCUT2D eigenvalue weighted by atomic mass is 10.1. The SMILES string of the molecule is CCCCCC(NC(=O)OC(C)(C)C)=C(F)C(=O)O. The van der Waals surface area contributed by atoms with E-state index in [9.17, 15) is 14.0 Å². The first kappa shape index (κ1) is 17.4. The van der Waals surface area contributed by atoms with Gasteiger partial charge < -0.3 is 9.84 Å². The van der Waals surface area contributed by atoms with Crippen LogP contribution in [0.25, 0.3) is 0 Å². The standard InChI is InChI=1S/C13H22FNO4/c1-5-6-7-8-9(10(14)11(16)17)15-12(18)19-13(2,3)4/h5-8H2,1-4H3,(H,15,18)(H,16,17). The first-order chi connectivity index (χ1) is 8.67. The maximum atomic E-state index is 13.4. The maximum Gasteiger partial charge on any atom is 0.411 e. The van der Waals surface area contributed by atoms with Crippen LogP contribution in [0.3, 0.4) is 0 Å². The Morgan fingerprint density at radius 3 is 2.26 bits per heavy atom. The van der Waals surface area contributed by atoms with Crippen LogP contribution in [-0.2, 0) is 9.53 Å². The molecular weight excluding hydrogens is 253 g/mol. The molecular formula is C13H22FNO4. The second-order valence-corrected chi connectivity index (χ2v) is 5.18. The van der Waals surface area contributed by atoms with Gasteiger partial charge in [0, 0.05) is 0 Å². The number of amides is 1. The van der Waals surface area contributed by atoms with Crippen molar-refractivity contribution in [3.05, 3.63) is 11.5 Å². The first-order valence-corrected chi connectivity index (χ1v) is 6.29. The molecule has 5 nitrogen and oxygen atoms in total. The van der Waals surface area contributed by atoms with Crippen molar-refractivity contribution in [1.29, 1.82) is 0 Å². The number of rotatable bonds is 6. The zero-order valence-corrected chi connectivity index (χ0v) is 11.9. The number of carbonyl (C=O) groups is 2. The summed E-state index contributed by atoms with van der Waals surface area (Å²) in [5.74, 6) is -3.04. The van der Waals surface area contributed by atoms with Gasteiger partial charge in [-0.3, -0.25) is 5.32 Å². The number of carboxylic acids is 1. The van der Waals surface area contributed by atoms with Crippen LogP contribution in [0.4, 0.5) is 9.18 Å². The molecule has 0 saturated carbocycles. The minimum absolute atomic E-state index is 0.158. The summed E-state index contributed by atoms with van der Waals surface area (Å²) in [5, 5.41) is 10.8. The number of carboxylic acid groups (broad SMARTS) is 1. The van der Waals surface area contributed by atoms with Crippen LogP contribution in [0.1, 0.15) is 53.4 Å². The van der Waals surface area contributed by atoms with Crippen molar-refractivity contribution in [2.24, 2.45) is 0 Å². The molecule has 0 bridgehead atoms. The third-order valence-electron chi connectivity index (χ3n) is 2.13. The fourth-order valence-corrected chi connectivity index (χ4v) is 1.33. The van der Waals surface area contributed by atoms with E-state index in [0.717, 1.165) is 12.8 Å². The topological polar surface area (TPSA) is 75.6 Å². The normalized spacial score (nSPS) is 12.7. The average molecular weight is 275 g/mol. The Labute approximate surface area is 112 Å². The highest BCUT2D eigenvalue weighted by Crippen LogP contribution is 2.14. The molecule has 0 unspecified atom stereocenters.